The van der Waals surface area contributed by atoms with Gasteiger partial charge in [0.05, 0.1) is 12.1 Å². The molecular formula is C47H68N6O8. The Morgan fingerprint density at radius 2 is 1.34 bits per heavy atom. The lowest BCUT2D eigenvalue weighted by atomic mass is 9.85. The minimum absolute atomic E-state index is 0.0979. The van der Waals surface area contributed by atoms with Gasteiger partial charge in [-0.25, -0.2) is 9.59 Å². The number of nitrogens with one attached hydrogen (secondary N) is 3. The van der Waals surface area contributed by atoms with E-state index in [1.54, 1.807) is 11.0 Å². The summed E-state index contributed by atoms with van der Waals surface area (Å²) >= 11 is 0. The van der Waals surface area contributed by atoms with Gasteiger partial charge in [-0.2, -0.15) is 4.99 Å². The highest BCUT2D eigenvalue weighted by Crippen LogP contribution is 2.65. The lowest BCUT2D eigenvalue weighted by Gasteiger charge is -2.38. The summed E-state index contributed by atoms with van der Waals surface area (Å²) in [6.07, 6.45) is 3.81. The van der Waals surface area contributed by atoms with E-state index in [2.05, 4.69) is 34.8 Å². The smallest absolute Gasteiger partial charge is 0.315 e. The zero-order chi connectivity index (χ0) is 45.5. The maximum atomic E-state index is 14.3. The first-order valence-electron chi connectivity index (χ1n) is 21.3. The highest BCUT2D eigenvalue weighted by Gasteiger charge is 2.70. The van der Waals surface area contributed by atoms with Crippen LogP contribution in [0.25, 0.3) is 0 Å². The van der Waals surface area contributed by atoms with E-state index in [0.29, 0.717) is 25.3 Å². The van der Waals surface area contributed by atoms with Crippen molar-refractivity contribution in [2.45, 2.75) is 126 Å². The van der Waals surface area contributed by atoms with E-state index in [1.165, 1.54) is 0 Å². The molecule has 7 atom stereocenters. The first-order valence-corrected chi connectivity index (χ1v) is 21.3. The van der Waals surface area contributed by atoms with Gasteiger partial charge in [0.15, 0.2) is 0 Å². The number of para-hydroxylation sites is 2. The van der Waals surface area contributed by atoms with E-state index in [0.717, 1.165) is 18.6 Å². The molecule has 2 saturated carbocycles. The lowest BCUT2D eigenvalue weighted by molar-refractivity contribution is -0.145. The standard InChI is InChI=1S/C34H51N5O6.C13H17NO2/c1-32(2,3)23(18-45-20-12-10-9-11-13-20)37-31(44)38-27(33(4,5)6)30(43)39-17-21-24(34(21,7)8)25(39)29(42)36-22(16-19-14-15-19)26(40)28(35)41;1-13(2,3)12(14-10-15)9-16-11-7-5-4-6-8-11/h9-13,19,21-25,27H,14-18H2,1-8H3,(H2,35,41)(H,36,42)(H2,37,38,44);4-8,12H,9H2,1-3H3/t21-,22?,23+,24-,25-,27+;12-/m01/s1. The van der Waals surface area contributed by atoms with Crippen molar-refractivity contribution in [1.29, 1.82) is 0 Å². The molecular weight excluding hydrogens is 777 g/mol. The van der Waals surface area contributed by atoms with E-state index in [9.17, 15) is 28.8 Å². The number of nitrogens with two attached hydrogens (primary N) is 1. The van der Waals surface area contributed by atoms with Gasteiger partial charge in [0, 0.05) is 6.54 Å². The number of hydrogen-bond donors (Lipinski definition) is 4. The molecule has 0 bridgehead atoms. The fraction of sp³-hybridized carbons (Fsp3) is 0.617. The second-order valence-corrected chi connectivity index (χ2v) is 20.5. The Hall–Kier alpha value is -5.23. The van der Waals surface area contributed by atoms with Gasteiger partial charge in [0.25, 0.3) is 5.91 Å². The Kier molecular flexibility index (Phi) is 15.6. The van der Waals surface area contributed by atoms with Crippen molar-refractivity contribution in [1.82, 2.24) is 20.9 Å². The number of ether oxygens (including phenoxy) is 2. The second kappa shape index (κ2) is 19.6. The van der Waals surface area contributed by atoms with Crippen LogP contribution in [0.4, 0.5) is 4.79 Å². The van der Waals surface area contributed by atoms with E-state index >= 15 is 0 Å². The number of fused-ring (bicyclic) bond motifs is 1. The van der Waals surface area contributed by atoms with Crippen molar-refractivity contribution >= 4 is 35.6 Å². The number of ketones is 1. The van der Waals surface area contributed by atoms with Crippen molar-refractivity contribution in [3.63, 3.8) is 0 Å². The van der Waals surface area contributed by atoms with E-state index in [-0.39, 0.29) is 58.6 Å². The molecule has 14 heteroatoms. The zero-order valence-electron chi connectivity index (χ0n) is 37.9. The fourth-order valence-electron chi connectivity index (χ4n) is 7.75. The molecule has 1 heterocycles. The Morgan fingerprint density at radius 1 is 0.803 bits per heavy atom. The van der Waals surface area contributed by atoms with Crippen LogP contribution in [0.2, 0.25) is 0 Å². The predicted molar refractivity (Wildman–Crippen MR) is 233 cm³/mol. The zero-order valence-corrected chi connectivity index (χ0v) is 37.9. The summed E-state index contributed by atoms with van der Waals surface area (Å²) in [6, 6.07) is 15.0. The third kappa shape index (κ3) is 13.4. The summed E-state index contributed by atoms with van der Waals surface area (Å²) < 4.78 is 11.5. The number of carbonyl (C=O) groups excluding carboxylic acids is 6. The number of urea groups is 1. The summed E-state index contributed by atoms with van der Waals surface area (Å²) in [4.78, 5) is 81.6. The highest BCUT2D eigenvalue weighted by molar-refractivity contribution is 6.37. The van der Waals surface area contributed by atoms with E-state index in [4.69, 9.17) is 15.2 Å². The topological polar surface area (TPSA) is 199 Å². The molecule has 14 nitrogen and oxygen atoms in total. The van der Waals surface area contributed by atoms with Gasteiger partial charge in [-0.05, 0) is 70.1 Å². The van der Waals surface area contributed by atoms with Gasteiger partial charge < -0.3 is 36.1 Å². The third-order valence-electron chi connectivity index (χ3n) is 12.2. The van der Waals surface area contributed by atoms with Crippen LogP contribution >= 0.6 is 0 Å². The SMILES string of the molecule is CC(C)(C)[C@@H](COc1ccccc1)N=C=O.CC(C)(C)[C@H](NC(=O)N[C@H](COc1ccccc1)C(C)(C)C)C(=O)N1C[C@H]2[C@@H]([C@H]1C(=O)NC(CC1CC1)C(=O)C(N)=O)C2(C)C. The lowest BCUT2D eigenvalue weighted by Crippen LogP contribution is -2.62. The molecule has 1 aliphatic heterocycles. The summed E-state index contributed by atoms with van der Waals surface area (Å²) in [5, 5.41) is 8.70. The molecule has 0 aromatic heterocycles. The minimum atomic E-state index is -1.09. The van der Waals surface area contributed by atoms with Crippen LogP contribution in [-0.4, -0.2) is 90.5 Å². The number of primary amides is 1. The molecule has 2 aliphatic carbocycles. The van der Waals surface area contributed by atoms with Gasteiger partial charge in [0.1, 0.15) is 42.8 Å². The summed E-state index contributed by atoms with van der Waals surface area (Å²) in [6.45, 7) is 22.8. The molecule has 2 aromatic carbocycles. The molecule has 334 valence electrons. The van der Waals surface area contributed by atoms with Crippen molar-refractivity contribution < 1.29 is 38.2 Å². The molecule has 1 saturated heterocycles. The maximum Gasteiger partial charge on any atom is 0.315 e. The van der Waals surface area contributed by atoms with Crippen LogP contribution in [0.3, 0.4) is 0 Å². The first kappa shape index (κ1) is 48.4. The minimum Gasteiger partial charge on any atom is -0.491 e. The van der Waals surface area contributed by atoms with Crippen molar-refractivity contribution in [3.05, 3.63) is 60.7 Å². The van der Waals surface area contributed by atoms with Crippen molar-refractivity contribution in [2.75, 3.05) is 19.8 Å². The van der Waals surface area contributed by atoms with Gasteiger partial charge in [-0.1, -0.05) is 125 Å². The Morgan fingerprint density at radius 3 is 1.80 bits per heavy atom. The molecule has 5 rings (SSSR count). The predicted octanol–water partition coefficient (Wildman–Crippen LogP) is 5.83. The molecule has 1 unspecified atom stereocenters. The van der Waals surface area contributed by atoms with Crippen LogP contribution in [0, 0.1) is 39.4 Å². The largest absolute Gasteiger partial charge is 0.491 e. The average Bonchev–Trinajstić information content (AvgIpc) is 4.03. The fourth-order valence-corrected chi connectivity index (χ4v) is 7.75. The van der Waals surface area contributed by atoms with Crippen molar-refractivity contribution in [3.8, 4) is 11.5 Å². The Bertz CT molecular complexity index is 1890. The van der Waals surface area contributed by atoms with Crippen LogP contribution in [0.15, 0.2) is 65.7 Å². The normalized spacial score (nSPS) is 21.0. The number of carbonyl (C=O) groups is 5. The number of rotatable bonds is 16. The van der Waals surface area contributed by atoms with E-state index < -0.39 is 47.2 Å². The molecule has 3 aliphatic rings. The molecule has 3 fully saturated rings. The Labute approximate surface area is 361 Å². The van der Waals surface area contributed by atoms with E-state index in [1.807, 2.05) is 123 Å². The van der Waals surface area contributed by atoms with Crippen LogP contribution in [0.1, 0.15) is 95.4 Å². The highest BCUT2D eigenvalue weighted by atomic mass is 16.5. The summed E-state index contributed by atoms with van der Waals surface area (Å²) in [7, 11) is 0. The molecule has 5 N–H and O–H groups in total. The summed E-state index contributed by atoms with van der Waals surface area (Å²) in [5.41, 5.74) is 3.99. The van der Waals surface area contributed by atoms with Gasteiger partial charge in [-0.15, -0.1) is 0 Å². The molecule has 5 amide bonds. The van der Waals surface area contributed by atoms with Gasteiger partial charge in [0.2, 0.25) is 23.7 Å². The monoisotopic (exact) mass is 845 g/mol. The maximum absolute atomic E-state index is 14.3. The van der Waals surface area contributed by atoms with Gasteiger partial charge in [-0.3, -0.25) is 19.2 Å². The third-order valence-corrected chi connectivity index (χ3v) is 12.2. The first-order chi connectivity index (χ1) is 28.4. The summed E-state index contributed by atoms with van der Waals surface area (Å²) in [5.74, 6) is -1.02. The number of aliphatic imine (C=N–C) groups is 1. The van der Waals surface area contributed by atoms with Crippen LogP contribution < -0.4 is 31.2 Å². The molecule has 61 heavy (non-hydrogen) atoms. The number of hydrogen-bond acceptors (Lipinski definition) is 9. The molecule has 0 spiro atoms. The number of amides is 5. The average molecular weight is 845 g/mol. The van der Waals surface area contributed by atoms with Crippen LogP contribution in [-0.2, 0) is 24.0 Å². The number of isocyanates is 1. The number of benzene rings is 2. The number of piperidine rings is 1. The number of Topliss-reactive ketones (excluding diaryl/α,β-unsaturated/α-hetero) is 1. The second-order valence-electron chi connectivity index (χ2n) is 20.5. The Balaban J connectivity index is 0.000000430. The quantitative estimate of drug-likeness (QED) is 0.0919. The van der Waals surface area contributed by atoms with Crippen molar-refractivity contribution in [2.24, 2.45) is 50.1 Å². The molecule has 0 radical (unpaired) electrons. The van der Waals surface area contributed by atoms with Crippen LogP contribution in [0.5, 0.6) is 11.5 Å². The molecule has 2 aromatic rings. The van der Waals surface area contributed by atoms with Gasteiger partial charge >= 0.3 is 6.03 Å². The number of likely N-dealkylation sites (tertiary alicyclic amines) is 1. The number of nitrogens with zero attached hydrogens (tertiary/aromatic N) is 2.